The molecule has 0 spiro atoms. The first-order chi connectivity index (χ1) is 7.15. The summed E-state index contributed by atoms with van der Waals surface area (Å²) in [5, 5.41) is 17.9. The van der Waals surface area contributed by atoms with Gasteiger partial charge >= 0.3 is 0 Å². The summed E-state index contributed by atoms with van der Waals surface area (Å²) < 4.78 is 0. The van der Waals surface area contributed by atoms with Crippen molar-refractivity contribution in [2.75, 3.05) is 32.8 Å². The van der Waals surface area contributed by atoms with E-state index in [4.69, 9.17) is 10.2 Å². The van der Waals surface area contributed by atoms with Crippen LogP contribution in [0.15, 0.2) is 0 Å². The maximum absolute atomic E-state index is 8.93. The molecular formula is C12H25NO2. The summed E-state index contributed by atoms with van der Waals surface area (Å²) in [7, 11) is 0. The largest absolute Gasteiger partial charge is 0.396 e. The zero-order valence-corrected chi connectivity index (χ0v) is 10.0. The van der Waals surface area contributed by atoms with Crippen molar-refractivity contribution in [1.82, 2.24) is 4.90 Å². The number of hydrogen-bond acceptors (Lipinski definition) is 3. The highest BCUT2D eigenvalue weighted by Gasteiger charge is 2.26. The molecule has 0 aliphatic carbocycles. The van der Waals surface area contributed by atoms with E-state index in [9.17, 15) is 0 Å². The molecule has 3 nitrogen and oxygen atoms in total. The Kier molecular flexibility index (Phi) is 5.58. The van der Waals surface area contributed by atoms with Crippen LogP contribution in [0.25, 0.3) is 0 Å². The van der Waals surface area contributed by atoms with Gasteiger partial charge in [-0.15, -0.1) is 0 Å². The van der Waals surface area contributed by atoms with Crippen molar-refractivity contribution in [1.29, 1.82) is 0 Å². The fourth-order valence-electron chi connectivity index (χ4n) is 2.24. The van der Waals surface area contributed by atoms with Gasteiger partial charge in [0, 0.05) is 38.8 Å². The molecule has 90 valence electrons. The lowest BCUT2D eigenvalue weighted by Crippen LogP contribution is -2.48. The van der Waals surface area contributed by atoms with Gasteiger partial charge in [0.05, 0.1) is 0 Å². The van der Waals surface area contributed by atoms with E-state index in [0.29, 0.717) is 0 Å². The van der Waals surface area contributed by atoms with Crippen LogP contribution in [0, 0.1) is 17.8 Å². The topological polar surface area (TPSA) is 43.7 Å². The van der Waals surface area contributed by atoms with E-state index in [1.165, 1.54) is 19.6 Å². The highest BCUT2D eigenvalue weighted by atomic mass is 16.3. The molecule has 0 bridgehead atoms. The molecule has 1 aliphatic rings. The van der Waals surface area contributed by atoms with Gasteiger partial charge in [-0.1, -0.05) is 13.8 Å². The standard InChI is InChI=1S/C12H25NO2/c1-10(2)5-13-6-11(7-13)3-4-12(8-14)9-15/h10-12,14-15H,3-9H2,1-2H3. The van der Waals surface area contributed by atoms with E-state index in [1.54, 1.807) is 0 Å². The second kappa shape index (κ2) is 6.46. The van der Waals surface area contributed by atoms with Crippen LogP contribution in [0.4, 0.5) is 0 Å². The van der Waals surface area contributed by atoms with Crippen molar-refractivity contribution in [3.05, 3.63) is 0 Å². The molecule has 0 amide bonds. The average molecular weight is 215 g/mol. The van der Waals surface area contributed by atoms with Gasteiger partial charge in [0.25, 0.3) is 0 Å². The first kappa shape index (κ1) is 12.9. The first-order valence-corrected chi connectivity index (χ1v) is 6.09. The Morgan fingerprint density at radius 2 is 1.80 bits per heavy atom. The summed E-state index contributed by atoms with van der Waals surface area (Å²) in [6.45, 7) is 8.38. The molecule has 0 atom stereocenters. The normalized spacial score (nSPS) is 18.8. The number of hydrogen-bond donors (Lipinski definition) is 2. The summed E-state index contributed by atoms with van der Waals surface area (Å²) in [4.78, 5) is 2.49. The minimum absolute atomic E-state index is 0.101. The first-order valence-electron chi connectivity index (χ1n) is 6.09. The van der Waals surface area contributed by atoms with Gasteiger partial charge in [-0.2, -0.15) is 0 Å². The molecule has 0 saturated carbocycles. The maximum atomic E-state index is 8.93. The van der Waals surface area contributed by atoms with E-state index < -0.39 is 0 Å². The molecule has 15 heavy (non-hydrogen) atoms. The van der Waals surface area contributed by atoms with Crippen molar-refractivity contribution in [3.8, 4) is 0 Å². The van der Waals surface area contributed by atoms with Crippen molar-refractivity contribution in [2.45, 2.75) is 26.7 Å². The molecule has 2 N–H and O–H groups in total. The van der Waals surface area contributed by atoms with E-state index in [0.717, 1.165) is 24.7 Å². The van der Waals surface area contributed by atoms with E-state index >= 15 is 0 Å². The van der Waals surface area contributed by atoms with Crippen LogP contribution in [-0.2, 0) is 0 Å². The molecule has 1 rings (SSSR count). The van der Waals surface area contributed by atoms with E-state index in [2.05, 4.69) is 18.7 Å². The molecule has 1 heterocycles. The molecule has 0 unspecified atom stereocenters. The van der Waals surface area contributed by atoms with Gasteiger partial charge in [0.15, 0.2) is 0 Å². The zero-order chi connectivity index (χ0) is 11.3. The third-order valence-electron chi connectivity index (χ3n) is 3.16. The van der Waals surface area contributed by atoms with Crippen molar-refractivity contribution in [2.24, 2.45) is 17.8 Å². The van der Waals surface area contributed by atoms with Crippen LogP contribution in [0.3, 0.4) is 0 Å². The summed E-state index contributed by atoms with van der Waals surface area (Å²) in [5.41, 5.74) is 0. The molecule has 3 heteroatoms. The molecular weight excluding hydrogens is 190 g/mol. The Morgan fingerprint density at radius 1 is 1.20 bits per heavy atom. The average Bonchev–Trinajstić information content (AvgIpc) is 2.14. The molecule has 1 aliphatic heterocycles. The Bertz CT molecular complexity index is 163. The monoisotopic (exact) mass is 215 g/mol. The van der Waals surface area contributed by atoms with Gasteiger partial charge in [-0.3, -0.25) is 0 Å². The summed E-state index contributed by atoms with van der Waals surface area (Å²) in [6, 6.07) is 0. The molecule has 0 radical (unpaired) electrons. The predicted molar refractivity (Wildman–Crippen MR) is 61.7 cm³/mol. The van der Waals surface area contributed by atoms with Crippen molar-refractivity contribution < 1.29 is 10.2 Å². The smallest absolute Gasteiger partial charge is 0.0481 e. The number of aliphatic hydroxyl groups is 2. The van der Waals surface area contributed by atoms with Crippen LogP contribution in [0.2, 0.25) is 0 Å². The summed E-state index contributed by atoms with van der Waals surface area (Å²) in [5.74, 6) is 1.65. The minimum Gasteiger partial charge on any atom is -0.396 e. The fourth-order valence-corrected chi connectivity index (χ4v) is 2.24. The third kappa shape index (κ3) is 4.49. The van der Waals surface area contributed by atoms with Gasteiger partial charge in [0.2, 0.25) is 0 Å². The number of likely N-dealkylation sites (tertiary alicyclic amines) is 1. The number of nitrogens with zero attached hydrogens (tertiary/aromatic N) is 1. The lowest BCUT2D eigenvalue weighted by molar-refractivity contribution is 0.0674. The highest BCUT2D eigenvalue weighted by molar-refractivity contribution is 4.80. The van der Waals surface area contributed by atoms with Crippen LogP contribution >= 0.6 is 0 Å². The molecule has 1 saturated heterocycles. The molecule has 1 fully saturated rings. The predicted octanol–water partition coefficient (Wildman–Crippen LogP) is 0.955. The molecule has 0 aromatic heterocycles. The Morgan fingerprint density at radius 3 is 2.27 bits per heavy atom. The van der Waals surface area contributed by atoms with Gasteiger partial charge in [-0.25, -0.2) is 0 Å². The zero-order valence-electron chi connectivity index (χ0n) is 10.0. The summed E-state index contributed by atoms with van der Waals surface area (Å²) in [6.07, 6.45) is 2.12. The van der Waals surface area contributed by atoms with Crippen LogP contribution in [0.5, 0.6) is 0 Å². The number of rotatable bonds is 7. The van der Waals surface area contributed by atoms with Crippen molar-refractivity contribution >= 4 is 0 Å². The molecule has 0 aromatic rings. The van der Waals surface area contributed by atoms with Crippen molar-refractivity contribution in [3.63, 3.8) is 0 Å². The van der Waals surface area contributed by atoms with E-state index in [1.807, 2.05) is 0 Å². The number of aliphatic hydroxyl groups excluding tert-OH is 2. The second-order valence-electron chi connectivity index (χ2n) is 5.29. The van der Waals surface area contributed by atoms with E-state index in [-0.39, 0.29) is 19.1 Å². The third-order valence-corrected chi connectivity index (χ3v) is 3.16. The SMILES string of the molecule is CC(C)CN1CC(CCC(CO)CO)C1. The lowest BCUT2D eigenvalue weighted by Gasteiger charge is -2.40. The van der Waals surface area contributed by atoms with Gasteiger partial charge < -0.3 is 15.1 Å². The Labute approximate surface area is 93.1 Å². The quantitative estimate of drug-likeness (QED) is 0.664. The van der Waals surface area contributed by atoms with Crippen LogP contribution in [-0.4, -0.2) is 48.0 Å². The van der Waals surface area contributed by atoms with Gasteiger partial charge in [-0.05, 0) is 24.7 Å². The minimum atomic E-state index is 0.101. The van der Waals surface area contributed by atoms with Crippen LogP contribution < -0.4 is 0 Å². The maximum Gasteiger partial charge on any atom is 0.0481 e. The van der Waals surface area contributed by atoms with Crippen LogP contribution in [0.1, 0.15) is 26.7 Å². The fraction of sp³-hybridized carbons (Fsp3) is 1.00. The Balaban J connectivity index is 2.02. The summed E-state index contributed by atoms with van der Waals surface area (Å²) >= 11 is 0. The molecule has 0 aromatic carbocycles. The Hall–Kier alpha value is -0.120. The highest BCUT2D eigenvalue weighted by Crippen LogP contribution is 2.23. The van der Waals surface area contributed by atoms with Gasteiger partial charge in [0.1, 0.15) is 0 Å². The second-order valence-corrected chi connectivity index (χ2v) is 5.29. The lowest BCUT2D eigenvalue weighted by atomic mass is 9.90.